The second kappa shape index (κ2) is 11.8. The molecule has 9 nitrogen and oxygen atoms in total. The van der Waals surface area contributed by atoms with Crippen molar-refractivity contribution in [1.82, 2.24) is 25.2 Å². The molecule has 0 radical (unpaired) electrons. The maximum absolute atomic E-state index is 16.1. The number of aliphatic hydroxyl groups is 2. The Kier molecular flexibility index (Phi) is 7.72. The van der Waals surface area contributed by atoms with E-state index in [0.717, 1.165) is 71.6 Å². The van der Waals surface area contributed by atoms with E-state index in [-0.39, 0.29) is 22.9 Å². The van der Waals surface area contributed by atoms with Crippen LogP contribution in [-0.4, -0.2) is 61.6 Å². The quantitative estimate of drug-likeness (QED) is 0.239. The van der Waals surface area contributed by atoms with Gasteiger partial charge in [-0.3, -0.25) is 4.98 Å². The van der Waals surface area contributed by atoms with E-state index >= 15 is 8.78 Å². The Bertz CT molecular complexity index is 1870. The van der Waals surface area contributed by atoms with Gasteiger partial charge >= 0.3 is 5.92 Å². The summed E-state index contributed by atoms with van der Waals surface area (Å²) >= 11 is 0. The molecule has 7 rings (SSSR count). The van der Waals surface area contributed by atoms with Gasteiger partial charge in [0.25, 0.3) is 0 Å². The van der Waals surface area contributed by atoms with Crippen molar-refractivity contribution in [2.24, 2.45) is 5.92 Å². The predicted molar refractivity (Wildman–Crippen MR) is 171 cm³/mol. The van der Waals surface area contributed by atoms with Gasteiger partial charge in [0, 0.05) is 60.4 Å². The second-order valence-electron chi connectivity index (χ2n) is 12.5. The number of halogens is 3. The smallest absolute Gasteiger partial charge is 0.323 e. The summed E-state index contributed by atoms with van der Waals surface area (Å²) in [5.41, 5.74) is 1.02. The standard InChI is InChI=1S/C35H34F3N7O2/c1-22(2)32(46)24-5-11-28(12-6-24)44-17-15-43(16-18-44)27-9-3-23(4-10-27)25-7-14-31(39-20-25)35(37,38)34(47)21-45-33(40-41-42-45)29-19-26(36)8-13-30(29)34/h3-14,19-20,22,32,46-47H,15-18,21H2,1-2H3/t32?,34-/m0/s1. The molecular formula is C35H34F3N7O2. The summed E-state index contributed by atoms with van der Waals surface area (Å²) in [4.78, 5) is 8.72. The van der Waals surface area contributed by atoms with E-state index in [0.29, 0.717) is 5.56 Å². The zero-order valence-corrected chi connectivity index (χ0v) is 25.9. The van der Waals surface area contributed by atoms with Crippen molar-refractivity contribution in [2.75, 3.05) is 36.0 Å². The van der Waals surface area contributed by atoms with Crippen LogP contribution in [0.5, 0.6) is 0 Å². The normalized spacial score (nSPS) is 18.6. The molecule has 0 spiro atoms. The highest BCUT2D eigenvalue weighted by Gasteiger charge is 2.59. The number of hydrogen-bond acceptors (Lipinski definition) is 8. The largest absolute Gasteiger partial charge is 0.388 e. The van der Waals surface area contributed by atoms with Crippen LogP contribution in [0.4, 0.5) is 24.5 Å². The van der Waals surface area contributed by atoms with Crippen LogP contribution in [-0.2, 0) is 18.1 Å². The minimum absolute atomic E-state index is 0.00181. The fourth-order valence-electron chi connectivity index (χ4n) is 6.45. The topological polar surface area (TPSA) is 103 Å². The van der Waals surface area contributed by atoms with Gasteiger partial charge in [0.15, 0.2) is 11.4 Å². The Morgan fingerprint density at radius 1 is 0.830 bits per heavy atom. The van der Waals surface area contributed by atoms with Crippen molar-refractivity contribution < 1.29 is 23.4 Å². The number of alkyl halides is 2. The summed E-state index contributed by atoms with van der Waals surface area (Å²) in [6.07, 6.45) is 0.893. The van der Waals surface area contributed by atoms with Crippen LogP contribution in [0.15, 0.2) is 85.1 Å². The summed E-state index contributed by atoms with van der Waals surface area (Å²) in [6.45, 7) is 6.76. The van der Waals surface area contributed by atoms with Crippen molar-refractivity contribution in [3.8, 4) is 22.5 Å². The number of tetrazole rings is 1. The van der Waals surface area contributed by atoms with E-state index in [1.54, 1.807) is 6.07 Å². The van der Waals surface area contributed by atoms with E-state index in [9.17, 15) is 14.6 Å². The predicted octanol–water partition coefficient (Wildman–Crippen LogP) is 5.55. The third-order valence-electron chi connectivity index (χ3n) is 9.26. The molecule has 0 saturated carbocycles. The fourth-order valence-corrected chi connectivity index (χ4v) is 6.45. The van der Waals surface area contributed by atoms with Crippen molar-refractivity contribution in [1.29, 1.82) is 0 Å². The molecule has 1 fully saturated rings. The highest BCUT2D eigenvalue weighted by Crippen LogP contribution is 2.50. The molecule has 2 aromatic heterocycles. The fraction of sp³-hybridized carbons (Fsp3) is 0.314. The van der Waals surface area contributed by atoms with Crippen molar-refractivity contribution in [2.45, 2.75) is 38.0 Å². The van der Waals surface area contributed by atoms with Crippen molar-refractivity contribution in [3.05, 3.63) is 108 Å². The number of rotatable bonds is 7. The Morgan fingerprint density at radius 3 is 2.04 bits per heavy atom. The van der Waals surface area contributed by atoms with Gasteiger partial charge in [-0.05, 0) is 69.9 Å². The lowest BCUT2D eigenvalue weighted by Crippen LogP contribution is -2.49. The van der Waals surface area contributed by atoms with Crippen LogP contribution in [0, 0.1) is 11.7 Å². The molecule has 242 valence electrons. The molecule has 0 bridgehead atoms. The molecule has 3 aromatic carbocycles. The molecule has 2 atom stereocenters. The van der Waals surface area contributed by atoms with Crippen LogP contribution >= 0.6 is 0 Å². The molecule has 2 N–H and O–H groups in total. The first-order valence-corrected chi connectivity index (χ1v) is 15.6. The monoisotopic (exact) mass is 641 g/mol. The molecular weight excluding hydrogens is 607 g/mol. The van der Waals surface area contributed by atoms with Gasteiger partial charge in [0.05, 0.1) is 12.6 Å². The highest BCUT2D eigenvalue weighted by molar-refractivity contribution is 5.67. The summed E-state index contributed by atoms with van der Waals surface area (Å²) in [7, 11) is 0. The molecule has 1 unspecified atom stereocenters. The van der Waals surface area contributed by atoms with Crippen LogP contribution in [0.1, 0.15) is 36.8 Å². The zero-order chi connectivity index (χ0) is 32.9. The molecule has 12 heteroatoms. The molecule has 2 aliphatic heterocycles. The molecule has 0 amide bonds. The SMILES string of the molecule is CC(C)C(O)c1ccc(N2CCN(c3ccc(-c4ccc(C(F)(F)[C@]5(O)Cn6nnnc6-c6cc(F)ccc65)nc4)cc3)CC2)cc1. The zero-order valence-electron chi connectivity index (χ0n) is 25.9. The first-order valence-electron chi connectivity index (χ1n) is 15.6. The van der Waals surface area contributed by atoms with E-state index in [1.165, 1.54) is 12.3 Å². The summed E-state index contributed by atoms with van der Waals surface area (Å²) in [6, 6.07) is 22.0. The van der Waals surface area contributed by atoms with E-state index in [1.807, 2.05) is 50.2 Å². The molecule has 1 saturated heterocycles. The van der Waals surface area contributed by atoms with Gasteiger partial charge in [0.1, 0.15) is 11.5 Å². The number of fused-ring (bicyclic) bond motifs is 3. The van der Waals surface area contributed by atoms with Crippen molar-refractivity contribution in [3.63, 3.8) is 0 Å². The molecule has 4 heterocycles. The van der Waals surface area contributed by atoms with E-state index < -0.39 is 35.7 Å². The minimum Gasteiger partial charge on any atom is -0.388 e. The lowest BCUT2D eigenvalue weighted by Gasteiger charge is -2.39. The lowest BCUT2D eigenvalue weighted by atomic mass is 9.80. The maximum atomic E-state index is 16.1. The Hall–Kier alpha value is -4.81. The van der Waals surface area contributed by atoms with Gasteiger partial charge < -0.3 is 20.0 Å². The number of anilines is 2. The Labute approximate surface area is 269 Å². The molecule has 0 aliphatic carbocycles. The van der Waals surface area contributed by atoms with Crippen molar-refractivity contribution >= 4 is 11.4 Å². The lowest BCUT2D eigenvalue weighted by molar-refractivity contribution is -0.207. The third-order valence-corrected chi connectivity index (χ3v) is 9.26. The van der Waals surface area contributed by atoms with Gasteiger partial charge in [0.2, 0.25) is 0 Å². The first-order chi connectivity index (χ1) is 22.5. The summed E-state index contributed by atoms with van der Waals surface area (Å²) < 4.78 is 47.3. The summed E-state index contributed by atoms with van der Waals surface area (Å²) in [5, 5.41) is 32.9. The van der Waals surface area contributed by atoms with Gasteiger partial charge in [-0.1, -0.05) is 50.2 Å². The molecule has 47 heavy (non-hydrogen) atoms. The van der Waals surface area contributed by atoms with Crippen LogP contribution in [0.2, 0.25) is 0 Å². The van der Waals surface area contributed by atoms with Crippen LogP contribution in [0.3, 0.4) is 0 Å². The van der Waals surface area contributed by atoms with Gasteiger partial charge in [-0.2, -0.15) is 8.78 Å². The number of aliphatic hydroxyl groups excluding tert-OH is 1. The minimum atomic E-state index is -3.86. The number of piperazine rings is 1. The van der Waals surface area contributed by atoms with Crippen LogP contribution in [0.25, 0.3) is 22.5 Å². The maximum Gasteiger partial charge on any atom is 0.323 e. The first kappa shape index (κ1) is 30.8. The van der Waals surface area contributed by atoms with Gasteiger partial charge in [-0.15, -0.1) is 5.10 Å². The highest BCUT2D eigenvalue weighted by atomic mass is 19.3. The van der Waals surface area contributed by atoms with Crippen LogP contribution < -0.4 is 9.80 Å². The number of nitrogens with zero attached hydrogens (tertiary/aromatic N) is 7. The number of aromatic nitrogens is 5. The number of pyridine rings is 1. The number of benzene rings is 3. The summed E-state index contributed by atoms with van der Waals surface area (Å²) in [5.74, 6) is -4.26. The number of hydrogen-bond donors (Lipinski definition) is 2. The average molecular weight is 642 g/mol. The second-order valence-corrected chi connectivity index (χ2v) is 12.5. The molecule has 2 aliphatic rings. The third kappa shape index (κ3) is 5.40. The van der Waals surface area contributed by atoms with E-state index in [4.69, 9.17) is 0 Å². The Balaban J connectivity index is 1.03. The average Bonchev–Trinajstić information content (AvgIpc) is 3.56. The molecule has 5 aromatic rings. The van der Waals surface area contributed by atoms with E-state index in [2.05, 4.69) is 42.4 Å². The Morgan fingerprint density at radius 2 is 1.45 bits per heavy atom. The van der Waals surface area contributed by atoms with Gasteiger partial charge in [-0.25, -0.2) is 9.07 Å².